The van der Waals surface area contributed by atoms with Gasteiger partial charge in [0, 0.05) is 10.6 Å². The molecule has 0 radical (unpaired) electrons. The molecule has 13 heavy (non-hydrogen) atoms. The Morgan fingerprint density at radius 1 is 1.62 bits per heavy atom. The van der Waals surface area contributed by atoms with Crippen molar-refractivity contribution in [1.29, 1.82) is 0 Å². The molecule has 0 aliphatic heterocycles. The zero-order valence-corrected chi connectivity index (χ0v) is 9.25. The van der Waals surface area contributed by atoms with E-state index in [0.717, 1.165) is 0 Å². The number of hydrogen-bond acceptors (Lipinski definition) is 1. The van der Waals surface area contributed by atoms with Crippen LogP contribution in [0.4, 0.5) is 4.39 Å². The molecular weight excluding hydrogens is 258 g/mol. The summed E-state index contributed by atoms with van der Waals surface area (Å²) in [6.07, 6.45) is 0. The van der Waals surface area contributed by atoms with E-state index in [1.54, 1.807) is 6.92 Å². The summed E-state index contributed by atoms with van der Waals surface area (Å²) < 4.78 is 13.1. The molecule has 0 saturated carbocycles. The monoisotopic (exact) mass is 264 g/mol. The van der Waals surface area contributed by atoms with Gasteiger partial charge in [-0.1, -0.05) is 27.5 Å². The van der Waals surface area contributed by atoms with Gasteiger partial charge in [-0.3, -0.25) is 4.79 Å². The summed E-state index contributed by atoms with van der Waals surface area (Å²) in [4.78, 5) is 11.3. The van der Waals surface area contributed by atoms with Crippen molar-refractivity contribution in [2.24, 2.45) is 0 Å². The van der Waals surface area contributed by atoms with Gasteiger partial charge in [0.05, 0.1) is 5.33 Å². The quantitative estimate of drug-likeness (QED) is 0.592. The van der Waals surface area contributed by atoms with E-state index in [9.17, 15) is 9.18 Å². The largest absolute Gasteiger partial charge is 0.293 e. The van der Waals surface area contributed by atoms with Gasteiger partial charge in [0.2, 0.25) is 0 Å². The highest BCUT2D eigenvalue weighted by molar-refractivity contribution is 9.09. The standard InChI is InChI=1S/C9H7BrClFO/c1-5-7(9(13)4-10)2-6(11)3-8(5)12/h2-3H,4H2,1H3. The van der Waals surface area contributed by atoms with E-state index in [0.29, 0.717) is 11.1 Å². The van der Waals surface area contributed by atoms with Gasteiger partial charge >= 0.3 is 0 Å². The van der Waals surface area contributed by atoms with E-state index in [1.807, 2.05) is 0 Å². The van der Waals surface area contributed by atoms with Crippen LogP contribution >= 0.6 is 27.5 Å². The molecule has 4 heteroatoms. The SMILES string of the molecule is Cc1c(F)cc(Cl)cc1C(=O)CBr. The summed E-state index contributed by atoms with van der Waals surface area (Å²) >= 11 is 8.64. The number of carbonyl (C=O) groups is 1. The molecule has 1 nitrogen and oxygen atoms in total. The van der Waals surface area contributed by atoms with Gasteiger partial charge in [0.1, 0.15) is 5.82 Å². The van der Waals surface area contributed by atoms with Gasteiger partial charge in [-0.05, 0) is 24.6 Å². The summed E-state index contributed by atoms with van der Waals surface area (Å²) in [7, 11) is 0. The average Bonchev–Trinajstić information content (AvgIpc) is 2.10. The molecule has 0 fully saturated rings. The van der Waals surface area contributed by atoms with Crippen LogP contribution in [0.25, 0.3) is 0 Å². The molecule has 1 aromatic carbocycles. The summed E-state index contributed by atoms with van der Waals surface area (Å²) in [6, 6.07) is 2.67. The predicted octanol–water partition coefficient (Wildman–Crippen LogP) is 3.37. The Hall–Kier alpha value is -0.410. The van der Waals surface area contributed by atoms with Crippen LogP contribution in [0, 0.1) is 12.7 Å². The molecule has 1 aromatic rings. The van der Waals surface area contributed by atoms with Crippen molar-refractivity contribution in [2.75, 3.05) is 5.33 Å². The second-order valence-corrected chi connectivity index (χ2v) is 3.61. The molecule has 0 saturated heterocycles. The lowest BCUT2D eigenvalue weighted by Gasteiger charge is -2.04. The van der Waals surface area contributed by atoms with Crippen LogP contribution in [0.2, 0.25) is 5.02 Å². The summed E-state index contributed by atoms with van der Waals surface area (Å²) in [5, 5.41) is 0.417. The summed E-state index contributed by atoms with van der Waals surface area (Å²) in [5.74, 6) is -0.615. The highest BCUT2D eigenvalue weighted by Gasteiger charge is 2.11. The van der Waals surface area contributed by atoms with E-state index in [2.05, 4.69) is 15.9 Å². The molecule has 0 unspecified atom stereocenters. The first kappa shape index (κ1) is 10.7. The number of halogens is 3. The fourth-order valence-corrected chi connectivity index (χ4v) is 1.51. The van der Waals surface area contributed by atoms with Crippen molar-refractivity contribution in [2.45, 2.75) is 6.92 Å². The third-order valence-corrected chi connectivity index (χ3v) is 2.46. The summed E-state index contributed by atoms with van der Waals surface area (Å²) in [5.41, 5.74) is 0.677. The van der Waals surface area contributed by atoms with Crippen molar-refractivity contribution in [1.82, 2.24) is 0 Å². The van der Waals surface area contributed by atoms with E-state index in [-0.39, 0.29) is 16.1 Å². The van der Waals surface area contributed by atoms with Crippen molar-refractivity contribution >= 4 is 33.3 Å². The van der Waals surface area contributed by atoms with Crippen molar-refractivity contribution < 1.29 is 9.18 Å². The molecule has 0 atom stereocenters. The van der Waals surface area contributed by atoms with Crippen molar-refractivity contribution in [3.05, 3.63) is 34.1 Å². The Kier molecular flexibility index (Phi) is 3.45. The highest BCUT2D eigenvalue weighted by atomic mass is 79.9. The van der Waals surface area contributed by atoms with Crippen LogP contribution in [0.15, 0.2) is 12.1 Å². The molecule has 1 rings (SSSR count). The molecular formula is C9H7BrClFO. The molecule has 0 aliphatic rings. The Bertz CT molecular complexity index is 352. The maximum Gasteiger partial charge on any atom is 0.173 e. The smallest absolute Gasteiger partial charge is 0.173 e. The van der Waals surface area contributed by atoms with Gasteiger partial charge in [-0.15, -0.1) is 0 Å². The van der Waals surface area contributed by atoms with Crippen LogP contribution in [-0.2, 0) is 0 Å². The van der Waals surface area contributed by atoms with Crippen LogP contribution < -0.4 is 0 Å². The third kappa shape index (κ3) is 2.29. The first-order valence-corrected chi connectivity index (χ1v) is 5.11. The van der Waals surface area contributed by atoms with Crippen LogP contribution in [0.3, 0.4) is 0 Å². The Morgan fingerprint density at radius 2 is 2.23 bits per heavy atom. The number of Topliss-reactive ketones (excluding diaryl/α,β-unsaturated/α-hetero) is 1. The first-order chi connectivity index (χ1) is 6.06. The van der Waals surface area contributed by atoms with E-state index in [1.165, 1.54) is 12.1 Å². The maximum absolute atomic E-state index is 13.1. The average molecular weight is 266 g/mol. The Morgan fingerprint density at radius 3 is 2.77 bits per heavy atom. The summed E-state index contributed by atoms with van der Waals surface area (Å²) in [6.45, 7) is 1.56. The molecule has 70 valence electrons. The third-order valence-electron chi connectivity index (χ3n) is 1.73. The zero-order chi connectivity index (χ0) is 10.0. The van der Waals surface area contributed by atoms with Crippen LogP contribution in [0.5, 0.6) is 0 Å². The number of hydrogen-bond donors (Lipinski definition) is 0. The second-order valence-electron chi connectivity index (χ2n) is 2.62. The second kappa shape index (κ2) is 4.20. The van der Waals surface area contributed by atoms with E-state index >= 15 is 0 Å². The minimum atomic E-state index is -0.447. The minimum Gasteiger partial charge on any atom is -0.293 e. The van der Waals surface area contributed by atoms with Gasteiger partial charge in [-0.25, -0.2) is 4.39 Å². The number of ketones is 1. The lowest BCUT2D eigenvalue weighted by Crippen LogP contribution is -2.04. The topological polar surface area (TPSA) is 17.1 Å². The molecule has 0 N–H and O–H groups in total. The predicted molar refractivity (Wildman–Crippen MR) is 54.3 cm³/mol. The van der Waals surface area contributed by atoms with E-state index < -0.39 is 5.82 Å². The van der Waals surface area contributed by atoms with Gasteiger partial charge in [0.25, 0.3) is 0 Å². The lowest BCUT2D eigenvalue weighted by molar-refractivity contribution is 0.102. The molecule has 0 aliphatic carbocycles. The fraction of sp³-hybridized carbons (Fsp3) is 0.222. The van der Waals surface area contributed by atoms with Gasteiger partial charge in [0.15, 0.2) is 5.78 Å². The molecule has 0 spiro atoms. The van der Waals surface area contributed by atoms with Gasteiger partial charge in [-0.2, -0.15) is 0 Å². The maximum atomic E-state index is 13.1. The normalized spacial score (nSPS) is 10.2. The van der Waals surface area contributed by atoms with Crippen LogP contribution in [0.1, 0.15) is 15.9 Å². The number of carbonyl (C=O) groups excluding carboxylic acids is 1. The van der Waals surface area contributed by atoms with Crippen molar-refractivity contribution in [3.8, 4) is 0 Å². The first-order valence-electron chi connectivity index (χ1n) is 3.61. The number of alkyl halides is 1. The molecule has 0 amide bonds. The Labute approximate surface area is 89.0 Å². The van der Waals surface area contributed by atoms with Crippen LogP contribution in [-0.4, -0.2) is 11.1 Å². The minimum absolute atomic E-state index is 0.168. The fourth-order valence-electron chi connectivity index (χ4n) is 1.01. The Balaban J connectivity index is 3.28. The van der Waals surface area contributed by atoms with Gasteiger partial charge < -0.3 is 0 Å². The van der Waals surface area contributed by atoms with E-state index in [4.69, 9.17) is 11.6 Å². The number of benzene rings is 1. The highest BCUT2D eigenvalue weighted by Crippen LogP contribution is 2.20. The lowest BCUT2D eigenvalue weighted by atomic mass is 10.1. The zero-order valence-electron chi connectivity index (χ0n) is 6.90. The molecule has 0 aromatic heterocycles. The number of rotatable bonds is 2. The molecule has 0 heterocycles. The molecule has 0 bridgehead atoms. The van der Waals surface area contributed by atoms with Crippen molar-refractivity contribution in [3.63, 3.8) is 0 Å².